The first-order valence-corrected chi connectivity index (χ1v) is 6.98. The molecule has 0 rings (SSSR count). The summed E-state index contributed by atoms with van der Waals surface area (Å²) < 4.78 is 10.2. The molecule has 0 heterocycles. The molecule has 4 nitrogen and oxygen atoms in total. The van der Waals surface area contributed by atoms with Crippen LogP contribution < -0.4 is 0 Å². The smallest absolute Gasteiger partial charge is 0.337 e. The molecule has 4 heteroatoms. The normalized spacial score (nSPS) is 11.3. The van der Waals surface area contributed by atoms with Gasteiger partial charge in [0.2, 0.25) is 0 Å². The third kappa shape index (κ3) is 6.98. The third-order valence-electron chi connectivity index (χ3n) is 2.40. The van der Waals surface area contributed by atoms with Crippen LogP contribution in [0.4, 0.5) is 0 Å². The molecule has 0 aromatic rings. The highest BCUT2D eigenvalue weighted by atomic mass is 16.5. The van der Waals surface area contributed by atoms with E-state index in [1.165, 1.54) is 6.92 Å². The summed E-state index contributed by atoms with van der Waals surface area (Å²) in [6.45, 7) is 9.06. The fourth-order valence-corrected chi connectivity index (χ4v) is 1.63. The van der Waals surface area contributed by atoms with Crippen LogP contribution in [0.25, 0.3) is 0 Å². The van der Waals surface area contributed by atoms with Crippen molar-refractivity contribution in [3.8, 4) is 11.8 Å². The summed E-state index contributed by atoms with van der Waals surface area (Å²) in [6.07, 6.45) is 1.74. The van der Waals surface area contributed by atoms with E-state index in [9.17, 15) is 9.59 Å². The molecule has 0 fully saturated rings. The Bertz CT molecular complexity index is 421. The lowest BCUT2D eigenvalue weighted by Crippen LogP contribution is -2.16. The van der Waals surface area contributed by atoms with Crippen LogP contribution in [-0.4, -0.2) is 18.5 Å². The zero-order valence-electron chi connectivity index (χ0n) is 13.0. The predicted octanol–water partition coefficient (Wildman–Crippen LogP) is 3.22. The minimum absolute atomic E-state index is 0.0718. The molecule has 0 saturated heterocycles. The lowest BCUT2D eigenvalue weighted by molar-refractivity contribution is -0.140. The van der Waals surface area contributed by atoms with Gasteiger partial charge < -0.3 is 9.47 Å². The van der Waals surface area contributed by atoms with Crippen LogP contribution in [0.3, 0.4) is 0 Å². The highest BCUT2D eigenvalue weighted by Crippen LogP contribution is 2.22. The molecule has 20 heavy (non-hydrogen) atoms. The van der Waals surface area contributed by atoms with Gasteiger partial charge in [0.1, 0.15) is 5.76 Å². The maximum absolute atomic E-state index is 12.0. The van der Waals surface area contributed by atoms with Crippen LogP contribution in [0, 0.1) is 17.8 Å². The van der Waals surface area contributed by atoms with Gasteiger partial charge in [-0.05, 0) is 13.3 Å². The lowest BCUT2D eigenvalue weighted by atomic mass is 10.0. The Morgan fingerprint density at radius 2 is 1.80 bits per heavy atom. The van der Waals surface area contributed by atoms with Gasteiger partial charge >= 0.3 is 11.9 Å². The van der Waals surface area contributed by atoms with Crippen molar-refractivity contribution in [2.75, 3.05) is 6.61 Å². The summed E-state index contributed by atoms with van der Waals surface area (Å²) >= 11 is 0. The number of allylic oxidation sites excluding steroid dienone is 1. The first-order valence-electron chi connectivity index (χ1n) is 6.98. The van der Waals surface area contributed by atoms with Gasteiger partial charge in [-0.25, -0.2) is 4.79 Å². The van der Waals surface area contributed by atoms with Gasteiger partial charge in [0.15, 0.2) is 0 Å². The molecule has 0 atom stereocenters. The Morgan fingerprint density at radius 1 is 1.15 bits per heavy atom. The van der Waals surface area contributed by atoms with Gasteiger partial charge in [-0.15, -0.1) is 11.8 Å². The largest absolute Gasteiger partial charge is 0.463 e. The molecule has 0 spiro atoms. The quantitative estimate of drug-likeness (QED) is 0.324. The average Bonchev–Trinajstić information content (AvgIpc) is 2.36. The van der Waals surface area contributed by atoms with Crippen LogP contribution in [0.2, 0.25) is 0 Å². The van der Waals surface area contributed by atoms with E-state index in [0.717, 1.165) is 6.42 Å². The molecular formula is C16H24O4. The van der Waals surface area contributed by atoms with E-state index in [0.29, 0.717) is 24.2 Å². The molecule has 0 aliphatic carbocycles. The summed E-state index contributed by atoms with van der Waals surface area (Å²) in [4.78, 5) is 23.2. The standard InChI is InChI=1S/C16H24O4/c1-6-8-9-10-11-14(16(18)19-7-2)15(12(3)4)20-13(5)17/h12H,6-7,10-11H2,1-5H3/b15-14-. The van der Waals surface area contributed by atoms with Crippen molar-refractivity contribution in [1.82, 2.24) is 0 Å². The van der Waals surface area contributed by atoms with Crippen molar-refractivity contribution in [1.29, 1.82) is 0 Å². The van der Waals surface area contributed by atoms with E-state index in [1.54, 1.807) is 6.92 Å². The fraction of sp³-hybridized carbons (Fsp3) is 0.625. The van der Waals surface area contributed by atoms with Gasteiger partial charge in [-0.3, -0.25) is 4.79 Å². The number of hydrogen-bond donors (Lipinski definition) is 0. The molecule has 112 valence electrons. The number of carbonyl (C=O) groups is 2. The van der Waals surface area contributed by atoms with Crippen LogP contribution in [-0.2, 0) is 19.1 Å². The number of carbonyl (C=O) groups excluding carboxylic acids is 2. The number of hydrogen-bond acceptors (Lipinski definition) is 4. The Balaban J connectivity index is 5.29. The molecule has 0 N–H and O–H groups in total. The van der Waals surface area contributed by atoms with Gasteiger partial charge in [-0.2, -0.15) is 0 Å². The fourth-order valence-electron chi connectivity index (χ4n) is 1.63. The van der Waals surface area contributed by atoms with E-state index >= 15 is 0 Å². The zero-order chi connectivity index (χ0) is 15.5. The summed E-state index contributed by atoms with van der Waals surface area (Å²) in [5, 5.41) is 0. The van der Waals surface area contributed by atoms with Gasteiger partial charge in [0, 0.05) is 25.7 Å². The number of esters is 2. The molecule has 0 amide bonds. The van der Waals surface area contributed by atoms with Crippen molar-refractivity contribution in [3.63, 3.8) is 0 Å². The number of rotatable bonds is 6. The SMILES string of the molecule is CCC#CCC/C(C(=O)OCC)=C(/OC(C)=O)C(C)C. The molecule has 0 bridgehead atoms. The Kier molecular flexibility index (Phi) is 9.19. The average molecular weight is 280 g/mol. The van der Waals surface area contributed by atoms with E-state index in [4.69, 9.17) is 9.47 Å². The maximum atomic E-state index is 12.0. The minimum Gasteiger partial charge on any atom is -0.463 e. The monoisotopic (exact) mass is 280 g/mol. The molecule has 0 unspecified atom stereocenters. The maximum Gasteiger partial charge on any atom is 0.337 e. The summed E-state index contributed by atoms with van der Waals surface area (Å²) in [5.74, 6) is 5.37. The molecule has 0 aromatic carbocycles. The summed E-state index contributed by atoms with van der Waals surface area (Å²) in [6, 6.07) is 0. The van der Waals surface area contributed by atoms with E-state index in [2.05, 4.69) is 11.8 Å². The minimum atomic E-state index is -0.435. The summed E-state index contributed by atoms with van der Waals surface area (Å²) in [7, 11) is 0. The van der Waals surface area contributed by atoms with E-state index in [1.807, 2.05) is 20.8 Å². The van der Waals surface area contributed by atoms with Crippen LogP contribution in [0.5, 0.6) is 0 Å². The zero-order valence-corrected chi connectivity index (χ0v) is 13.0. The van der Waals surface area contributed by atoms with Gasteiger partial charge in [0.25, 0.3) is 0 Å². The highest BCUT2D eigenvalue weighted by molar-refractivity contribution is 5.89. The second-order valence-corrected chi connectivity index (χ2v) is 4.52. The van der Waals surface area contributed by atoms with Crippen molar-refractivity contribution >= 4 is 11.9 Å². The Hall–Kier alpha value is -1.76. The first kappa shape index (κ1) is 18.2. The van der Waals surface area contributed by atoms with Crippen LogP contribution in [0.1, 0.15) is 53.9 Å². The third-order valence-corrected chi connectivity index (χ3v) is 2.40. The van der Waals surface area contributed by atoms with Gasteiger partial charge in [-0.1, -0.05) is 20.8 Å². The second kappa shape index (κ2) is 10.1. The Labute approximate surface area is 121 Å². The predicted molar refractivity (Wildman–Crippen MR) is 77.6 cm³/mol. The van der Waals surface area contributed by atoms with Crippen LogP contribution in [0.15, 0.2) is 11.3 Å². The van der Waals surface area contributed by atoms with Crippen molar-refractivity contribution in [2.24, 2.45) is 5.92 Å². The summed E-state index contributed by atoms with van der Waals surface area (Å²) in [5.41, 5.74) is 0.405. The molecular weight excluding hydrogens is 256 g/mol. The lowest BCUT2D eigenvalue weighted by Gasteiger charge is -2.16. The van der Waals surface area contributed by atoms with E-state index < -0.39 is 11.9 Å². The first-order chi connectivity index (χ1) is 9.43. The number of ether oxygens (including phenoxy) is 2. The molecule has 0 aliphatic rings. The molecule has 0 radical (unpaired) electrons. The highest BCUT2D eigenvalue weighted by Gasteiger charge is 2.21. The Morgan fingerprint density at radius 3 is 2.25 bits per heavy atom. The van der Waals surface area contributed by atoms with Crippen molar-refractivity contribution < 1.29 is 19.1 Å². The van der Waals surface area contributed by atoms with Crippen molar-refractivity contribution in [2.45, 2.75) is 53.9 Å². The molecule has 0 aromatic heterocycles. The van der Waals surface area contributed by atoms with Gasteiger partial charge in [0.05, 0.1) is 12.2 Å². The molecule has 0 aliphatic heterocycles. The van der Waals surface area contributed by atoms with Crippen molar-refractivity contribution in [3.05, 3.63) is 11.3 Å². The van der Waals surface area contributed by atoms with E-state index in [-0.39, 0.29) is 12.5 Å². The second-order valence-electron chi connectivity index (χ2n) is 4.52. The van der Waals surface area contributed by atoms with Crippen LogP contribution >= 0.6 is 0 Å². The topological polar surface area (TPSA) is 52.6 Å². The molecule has 0 saturated carbocycles.